The van der Waals surface area contributed by atoms with Gasteiger partial charge < -0.3 is 9.53 Å². The molecular weight excluding hydrogens is 294 g/mol. The molecule has 1 aromatic heterocycles. The van der Waals surface area contributed by atoms with Crippen molar-refractivity contribution in [1.29, 1.82) is 0 Å². The summed E-state index contributed by atoms with van der Waals surface area (Å²) >= 11 is 1.62. The number of aldehydes is 1. The fraction of sp³-hybridized carbons (Fsp3) is 0.111. The van der Waals surface area contributed by atoms with Gasteiger partial charge in [-0.1, -0.05) is 42.5 Å². The lowest BCUT2D eigenvalue weighted by atomic mass is 10.2. The van der Waals surface area contributed by atoms with Gasteiger partial charge in [0.2, 0.25) is 0 Å². The molecule has 3 aromatic rings. The van der Waals surface area contributed by atoms with E-state index in [1.807, 2.05) is 47.8 Å². The van der Waals surface area contributed by atoms with Gasteiger partial charge in [0.15, 0.2) is 0 Å². The van der Waals surface area contributed by atoms with Crippen LogP contribution < -0.4 is 4.74 Å². The summed E-state index contributed by atoms with van der Waals surface area (Å²) < 4.78 is 5.73. The molecule has 0 saturated heterocycles. The van der Waals surface area contributed by atoms with E-state index in [-0.39, 0.29) is 0 Å². The molecule has 2 aromatic carbocycles. The summed E-state index contributed by atoms with van der Waals surface area (Å²) in [5.74, 6) is 0.781. The molecule has 0 amide bonds. The third-order valence-corrected chi connectivity index (χ3v) is 4.14. The van der Waals surface area contributed by atoms with Gasteiger partial charge >= 0.3 is 0 Å². The smallest absolute Gasteiger partial charge is 0.131 e. The minimum atomic E-state index is 0.437. The molecular formula is C18H15NO2S. The van der Waals surface area contributed by atoms with E-state index in [0.29, 0.717) is 13.0 Å². The Morgan fingerprint density at radius 2 is 1.82 bits per heavy atom. The Labute approximate surface area is 133 Å². The molecule has 3 nitrogen and oxygen atoms in total. The van der Waals surface area contributed by atoms with Gasteiger partial charge in [-0.25, -0.2) is 4.98 Å². The Bertz CT molecular complexity index is 735. The third kappa shape index (κ3) is 3.59. The van der Waals surface area contributed by atoms with Gasteiger partial charge in [-0.2, -0.15) is 0 Å². The summed E-state index contributed by atoms with van der Waals surface area (Å²) in [6.45, 7) is 0.441. The molecule has 0 fully saturated rings. The lowest BCUT2D eigenvalue weighted by molar-refractivity contribution is -0.107. The highest BCUT2D eigenvalue weighted by molar-refractivity contribution is 7.13. The molecule has 0 atom stereocenters. The molecule has 0 aliphatic rings. The quantitative estimate of drug-likeness (QED) is 0.643. The fourth-order valence-electron chi connectivity index (χ4n) is 2.06. The van der Waals surface area contributed by atoms with Gasteiger partial charge in [-0.05, 0) is 17.7 Å². The molecule has 0 saturated carbocycles. The van der Waals surface area contributed by atoms with Crippen molar-refractivity contribution in [2.45, 2.75) is 13.0 Å². The van der Waals surface area contributed by atoms with E-state index in [2.05, 4.69) is 17.1 Å². The lowest BCUT2D eigenvalue weighted by Crippen LogP contribution is -1.96. The second-order valence-corrected chi connectivity index (χ2v) is 5.67. The molecule has 1 heterocycles. The highest BCUT2D eigenvalue weighted by atomic mass is 32.1. The topological polar surface area (TPSA) is 39.2 Å². The van der Waals surface area contributed by atoms with Crippen LogP contribution in [0.3, 0.4) is 0 Å². The zero-order valence-corrected chi connectivity index (χ0v) is 12.8. The predicted octanol–water partition coefficient (Wildman–Crippen LogP) is 4.13. The maximum absolute atomic E-state index is 10.5. The first-order valence-corrected chi connectivity index (χ1v) is 7.88. The van der Waals surface area contributed by atoms with Gasteiger partial charge in [0.05, 0.1) is 5.69 Å². The minimum absolute atomic E-state index is 0.437. The van der Waals surface area contributed by atoms with E-state index in [1.54, 1.807) is 11.3 Å². The summed E-state index contributed by atoms with van der Waals surface area (Å²) in [5.41, 5.74) is 3.03. The Kier molecular flexibility index (Phi) is 4.61. The van der Waals surface area contributed by atoms with Crippen molar-refractivity contribution in [3.8, 4) is 16.3 Å². The first kappa shape index (κ1) is 14.5. The molecule has 0 unspecified atom stereocenters. The predicted molar refractivity (Wildman–Crippen MR) is 88.1 cm³/mol. The molecule has 3 rings (SSSR count). The minimum Gasteiger partial charge on any atom is -0.487 e. The number of hydrogen-bond acceptors (Lipinski definition) is 4. The molecule has 0 bridgehead atoms. The molecule has 0 radical (unpaired) electrons. The highest BCUT2D eigenvalue weighted by Gasteiger charge is 2.05. The number of benzene rings is 2. The van der Waals surface area contributed by atoms with Crippen molar-refractivity contribution < 1.29 is 9.53 Å². The molecule has 0 aliphatic carbocycles. The molecule has 0 aliphatic heterocycles. The van der Waals surface area contributed by atoms with E-state index in [4.69, 9.17) is 4.74 Å². The number of nitrogens with zero attached hydrogens (tertiary/aromatic N) is 1. The normalized spacial score (nSPS) is 10.4. The number of ether oxygens (including phenoxy) is 1. The Hall–Kier alpha value is -2.46. The Balaban J connectivity index is 1.62. The van der Waals surface area contributed by atoms with Crippen LogP contribution in [0.4, 0.5) is 0 Å². The van der Waals surface area contributed by atoms with Crippen LogP contribution in [0.2, 0.25) is 0 Å². The average molecular weight is 309 g/mol. The van der Waals surface area contributed by atoms with Crippen molar-refractivity contribution in [3.63, 3.8) is 0 Å². The monoisotopic (exact) mass is 309 g/mol. The molecule has 110 valence electrons. The molecule has 4 heteroatoms. The van der Waals surface area contributed by atoms with E-state index in [9.17, 15) is 4.79 Å². The van der Waals surface area contributed by atoms with Gasteiger partial charge in [0.25, 0.3) is 0 Å². The standard InChI is InChI=1S/C18H15NO2S/c20-11-10-14-6-8-17(9-7-14)21-12-16-13-22-18(19-16)15-4-2-1-3-5-15/h1-9,11,13H,10,12H2. The zero-order valence-electron chi connectivity index (χ0n) is 11.9. The number of hydrogen-bond donors (Lipinski definition) is 0. The van der Waals surface area contributed by atoms with E-state index in [0.717, 1.165) is 33.9 Å². The largest absolute Gasteiger partial charge is 0.487 e. The Morgan fingerprint density at radius 1 is 1.05 bits per heavy atom. The number of carbonyl (C=O) groups excluding carboxylic acids is 1. The summed E-state index contributed by atoms with van der Waals surface area (Å²) in [6, 6.07) is 17.7. The zero-order chi connectivity index (χ0) is 15.2. The first-order valence-electron chi connectivity index (χ1n) is 7.00. The highest BCUT2D eigenvalue weighted by Crippen LogP contribution is 2.24. The SMILES string of the molecule is O=CCc1ccc(OCc2csc(-c3ccccc3)n2)cc1. The van der Waals surface area contributed by atoms with Crippen LogP contribution >= 0.6 is 11.3 Å². The van der Waals surface area contributed by atoms with Crippen molar-refractivity contribution in [1.82, 2.24) is 4.98 Å². The van der Waals surface area contributed by atoms with Gasteiger partial charge in [-0.15, -0.1) is 11.3 Å². The van der Waals surface area contributed by atoms with Crippen molar-refractivity contribution in [3.05, 3.63) is 71.2 Å². The van der Waals surface area contributed by atoms with Crippen LogP contribution in [-0.2, 0) is 17.8 Å². The van der Waals surface area contributed by atoms with Crippen molar-refractivity contribution in [2.75, 3.05) is 0 Å². The average Bonchev–Trinajstić information content (AvgIpc) is 3.04. The van der Waals surface area contributed by atoms with Crippen LogP contribution in [0.1, 0.15) is 11.3 Å². The second kappa shape index (κ2) is 7.00. The van der Waals surface area contributed by atoms with Crippen LogP contribution in [0, 0.1) is 0 Å². The first-order chi connectivity index (χ1) is 10.8. The van der Waals surface area contributed by atoms with E-state index in [1.165, 1.54) is 0 Å². The summed E-state index contributed by atoms with van der Waals surface area (Å²) in [7, 11) is 0. The van der Waals surface area contributed by atoms with Crippen LogP contribution in [-0.4, -0.2) is 11.3 Å². The number of thiazole rings is 1. The number of rotatable bonds is 6. The van der Waals surface area contributed by atoms with Gasteiger partial charge in [0.1, 0.15) is 23.7 Å². The number of carbonyl (C=O) groups is 1. The maximum atomic E-state index is 10.5. The summed E-state index contributed by atoms with van der Waals surface area (Å²) in [5, 5.41) is 3.02. The third-order valence-electron chi connectivity index (χ3n) is 3.20. The number of aromatic nitrogens is 1. The van der Waals surface area contributed by atoms with Crippen LogP contribution in [0.5, 0.6) is 5.75 Å². The maximum Gasteiger partial charge on any atom is 0.131 e. The van der Waals surface area contributed by atoms with E-state index >= 15 is 0 Å². The second-order valence-electron chi connectivity index (χ2n) is 4.81. The fourth-order valence-corrected chi connectivity index (χ4v) is 2.87. The lowest BCUT2D eigenvalue weighted by Gasteiger charge is -2.04. The van der Waals surface area contributed by atoms with Crippen molar-refractivity contribution >= 4 is 17.6 Å². The molecule has 0 N–H and O–H groups in total. The van der Waals surface area contributed by atoms with Gasteiger partial charge in [-0.3, -0.25) is 0 Å². The van der Waals surface area contributed by atoms with Gasteiger partial charge in [0, 0.05) is 17.4 Å². The van der Waals surface area contributed by atoms with Crippen LogP contribution in [0.25, 0.3) is 10.6 Å². The molecule has 22 heavy (non-hydrogen) atoms. The molecule has 0 spiro atoms. The van der Waals surface area contributed by atoms with Crippen LogP contribution in [0.15, 0.2) is 60.0 Å². The van der Waals surface area contributed by atoms with Crippen molar-refractivity contribution in [2.24, 2.45) is 0 Å². The summed E-state index contributed by atoms with van der Waals surface area (Å²) in [4.78, 5) is 15.0. The van der Waals surface area contributed by atoms with E-state index < -0.39 is 0 Å². The summed E-state index contributed by atoms with van der Waals surface area (Å²) in [6.07, 6.45) is 1.34. The Morgan fingerprint density at radius 3 is 2.55 bits per heavy atom.